The third-order valence-corrected chi connectivity index (χ3v) is 5.15. The number of hydrogen-bond donors (Lipinski definition) is 1. The lowest BCUT2D eigenvalue weighted by Gasteiger charge is -2.15. The molecule has 0 aliphatic rings. The van der Waals surface area contributed by atoms with Gasteiger partial charge in [0.15, 0.2) is 6.61 Å². The summed E-state index contributed by atoms with van der Waals surface area (Å²) in [6, 6.07) is 13.0. The Labute approximate surface area is 183 Å². The van der Waals surface area contributed by atoms with Crippen molar-refractivity contribution in [3.8, 4) is 0 Å². The zero-order valence-electron chi connectivity index (χ0n) is 18.7. The second-order valence-electron chi connectivity index (χ2n) is 8.30. The van der Waals surface area contributed by atoms with Crippen molar-refractivity contribution in [2.24, 2.45) is 5.92 Å². The highest BCUT2D eigenvalue weighted by atomic mass is 16.5. The summed E-state index contributed by atoms with van der Waals surface area (Å²) in [5, 5.41) is 2.87. The van der Waals surface area contributed by atoms with E-state index in [4.69, 9.17) is 4.74 Å². The van der Waals surface area contributed by atoms with Gasteiger partial charge in [0.25, 0.3) is 5.91 Å². The van der Waals surface area contributed by atoms with Gasteiger partial charge < -0.3 is 10.1 Å². The number of hydrogen-bond acceptors (Lipinski definition) is 5. The third kappa shape index (κ3) is 5.87. The van der Waals surface area contributed by atoms with Crippen LogP contribution in [0, 0.1) is 19.8 Å². The van der Waals surface area contributed by atoms with Gasteiger partial charge in [0.2, 0.25) is 0 Å². The van der Waals surface area contributed by atoms with Crippen LogP contribution in [-0.2, 0) is 16.0 Å². The van der Waals surface area contributed by atoms with Crippen LogP contribution in [0.15, 0.2) is 42.5 Å². The molecule has 1 aromatic heterocycles. The number of carbonyl (C=O) groups excluding carboxylic acids is 2. The van der Waals surface area contributed by atoms with E-state index < -0.39 is 5.97 Å². The van der Waals surface area contributed by atoms with Crippen LogP contribution >= 0.6 is 0 Å². The fourth-order valence-corrected chi connectivity index (χ4v) is 3.35. The van der Waals surface area contributed by atoms with E-state index in [2.05, 4.69) is 41.3 Å². The largest absolute Gasteiger partial charge is 0.452 e. The van der Waals surface area contributed by atoms with E-state index in [-0.39, 0.29) is 18.6 Å². The lowest BCUT2D eigenvalue weighted by molar-refractivity contribution is -0.124. The van der Waals surface area contributed by atoms with Gasteiger partial charge in [-0.05, 0) is 62.4 Å². The normalized spacial score (nSPS) is 12.1. The van der Waals surface area contributed by atoms with E-state index in [9.17, 15) is 9.59 Å². The molecule has 3 rings (SSSR count). The quantitative estimate of drug-likeness (QED) is 0.571. The predicted molar refractivity (Wildman–Crippen MR) is 121 cm³/mol. The van der Waals surface area contributed by atoms with Crippen LogP contribution in [0.1, 0.15) is 59.7 Å². The molecule has 0 unspecified atom stereocenters. The number of carbonyl (C=O) groups is 2. The number of aromatic nitrogens is 2. The summed E-state index contributed by atoms with van der Waals surface area (Å²) in [5.74, 6) is -0.317. The van der Waals surface area contributed by atoms with E-state index in [0.717, 1.165) is 23.4 Å². The summed E-state index contributed by atoms with van der Waals surface area (Å²) in [7, 11) is 0. The Balaban J connectivity index is 1.55. The minimum absolute atomic E-state index is 0.179. The topological polar surface area (TPSA) is 81.2 Å². The summed E-state index contributed by atoms with van der Waals surface area (Å²) in [5.41, 5.74) is 5.61. The number of benzene rings is 2. The van der Waals surface area contributed by atoms with Crippen molar-refractivity contribution in [3.05, 3.63) is 70.5 Å². The lowest BCUT2D eigenvalue weighted by Crippen LogP contribution is -2.31. The van der Waals surface area contributed by atoms with E-state index >= 15 is 0 Å². The second-order valence-corrected chi connectivity index (χ2v) is 8.30. The first kappa shape index (κ1) is 22.4. The SMILES string of the molecule is Cc1nc2ccc(C(=O)OCC(=O)N[C@H](C)c3ccc(CC(C)C)cc3)cc2nc1C. The molecule has 0 radical (unpaired) electrons. The van der Waals surface area contributed by atoms with Crippen LogP contribution in [0.25, 0.3) is 11.0 Å². The molecule has 162 valence electrons. The smallest absolute Gasteiger partial charge is 0.338 e. The molecule has 0 saturated heterocycles. The molecule has 6 heteroatoms. The Hall–Kier alpha value is -3.28. The van der Waals surface area contributed by atoms with Gasteiger partial charge in [-0.3, -0.25) is 4.79 Å². The van der Waals surface area contributed by atoms with Gasteiger partial charge in [-0.15, -0.1) is 0 Å². The van der Waals surface area contributed by atoms with Gasteiger partial charge in [0, 0.05) is 0 Å². The molecule has 6 nitrogen and oxygen atoms in total. The third-order valence-electron chi connectivity index (χ3n) is 5.15. The summed E-state index contributed by atoms with van der Waals surface area (Å²) >= 11 is 0. The molecule has 1 heterocycles. The van der Waals surface area contributed by atoms with Gasteiger partial charge in [-0.2, -0.15) is 0 Å². The first-order valence-electron chi connectivity index (χ1n) is 10.5. The van der Waals surface area contributed by atoms with Crippen LogP contribution in [0.5, 0.6) is 0 Å². The summed E-state index contributed by atoms with van der Waals surface area (Å²) in [6.07, 6.45) is 1.02. The molecular formula is C25H29N3O3. The number of aryl methyl sites for hydroxylation is 2. The van der Waals surface area contributed by atoms with Gasteiger partial charge in [-0.1, -0.05) is 38.1 Å². The average molecular weight is 420 g/mol. The van der Waals surface area contributed by atoms with E-state index in [0.29, 0.717) is 22.5 Å². The van der Waals surface area contributed by atoms with Gasteiger partial charge in [-0.25, -0.2) is 14.8 Å². The second kappa shape index (κ2) is 9.69. The first-order valence-corrected chi connectivity index (χ1v) is 10.5. The van der Waals surface area contributed by atoms with Crippen LogP contribution in [0.2, 0.25) is 0 Å². The van der Waals surface area contributed by atoms with E-state index in [1.807, 2.05) is 32.9 Å². The highest BCUT2D eigenvalue weighted by Crippen LogP contribution is 2.17. The van der Waals surface area contributed by atoms with Crippen LogP contribution < -0.4 is 5.32 Å². The Morgan fingerprint density at radius 1 is 0.935 bits per heavy atom. The molecule has 1 atom stereocenters. The zero-order chi connectivity index (χ0) is 22.5. The minimum atomic E-state index is -0.567. The van der Waals surface area contributed by atoms with Crippen molar-refractivity contribution < 1.29 is 14.3 Å². The molecule has 0 aliphatic carbocycles. The van der Waals surface area contributed by atoms with Crippen molar-refractivity contribution in [3.63, 3.8) is 0 Å². The van der Waals surface area contributed by atoms with Gasteiger partial charge in [0.1, 0.15) is 0 Å². The Morgan fingerprint density at radius 2 is 1.58 bits per heavy atom. The average Bonchev–Trinajstić information content (AvgIpc) is 2.72. The number of esters is 1. The van der Waals surface area contributed by atoms with Crippen LogP contribution in [0.4, 0.5) is 0 Å². The van der Waals surface area contributed by atoms with Gasteiger partial charge >= 0.3 is 5.97 Å². The number of ether oxygens (including phenoxy) is 1. The summed E-state index contributed by atoms with van der Waals surface area (Å²) in [6.45, 7) is 9.70. The molecular weight excluding hydrogens is 390 g/mol. The number of nitrogens with one attached hydrogen (secondary N) is 1. The van der Waals surface area contributed by atoms with Gasteiger partial charge in [0.05, 0.1) is 34.0 Å². The number of rotatable bonds is 7. The molecule has 1 N–H and O–H groups in total. The van der Waals surface area contributed by atoms with Crippen LogP contribution in [0.3, 0.4) is 0 Å². The lowest BCUT2D eigenvalue weighted by atomic mass is 10.00. The molecule has 31 heavy (non-hydrogen) atoms. The van der Waals surface area contributed by atoms with Crippen molar-refractivity contribution >= 4 is 22.9 Å². The standard InChI is InChI=1S/C25H29N3O3/c1-15(2)12-19-6-8-20(9-7-19)18(5)28-24(29)14-31-25(30)21-10-11-22-23(13-21)27-17(4)16(3)26-22/h6-11,13,15,18H,12,14H2,1-5H3,(H,28,29)/t18-/m1/s1. The molecule has 0 bridgehead atoms. The molecule has 1 amide bonds. The van der Waals surface area contributed by atoms with Crippen molar-refractivity contribution in [2.75, 3.05) is 6.61 Å². The fourth-order valence-electron chi connectivity index (χ4n) is 3.35. The number of fused-ring (bicyclic) bond motifs is 1. The maximum atomic E-state index is 12.4. The number of nitrogens with zero attached hydrogens (tertiary/aromatic N) is 2. The maximum Gasteiger partial charge on any atom is 0.338 e. The maximum absolute atomic E-state index is 12.4. The summed E-state index contributed by atoms with van der Waals surface area (Å²) < 4.78 is 5.19. The van der Waals surface area contributed by atoms with E-state index in [1.165, 1.54) is 5.56 Å². The molecule has 0 fully saturated rings. The molecule has 0 saturated carbocycles. The Morgan fingerprint density at radius 3 is 2.23 bits per heavy atom. The molecule has 0 spiro atoms. The van der Waals surface area contributed by atoms with Crippen LogP contribution in [-0.4, -0.2) is 28.5 Å². The molecule has 3 aromatic rings. The highest BCUT2D eigenvalue weighted by Gasteiger charge is 2.14. The Kier molecular flexibility index (Phi) is 7.00. The first-order chi connectivity index (χ1) is 14.7. The minimum Gasteiger partial charge on any atom is -0.452 e. The Bertz CT molecular complexity index is 1090. The van der Waals surface area contributed by atoms with Crippen molar-refractivity contribution in [1.82, 2.24) is 15.3 Å². The van der Waals surface area contributed by atoms with E-state index in [1.54, 1.807) is 18.2 Å². The molecule has 2 aromatic carbocycles. The van der Waals surface area contributed by atoms with Crippen molar-refractivity contribution in [2.45, 2.75) is 47.1 Å². The molecule has 0 aliphatic heterocycles. The fraction of sp³-hybridized carbons (Fsp3) is 0.360. The highest BCUT2D eigenvalue weighted by molar-refractivity contribution is 5.94. The number of amides is 1. The van der Waals surface area contributed by atoms with Crippen molar-refractivity contribution in [1.29, 1.82) is 0 Å². The predicted octanol–water partition coefficient (Wildman–Crippen LogP) is 4.48. The monoisotopic (exact) mass is 419 g/mol. The zero-order valence-corrected chi connectivity index (χ0v) is 18.7. The summed E-state index contributed by atoms with van der Waals surface area (Å²) in [4.78, 5) is 33.5.